The predicted octanol–water partition coefficient (Wildman–Crippen LogP) is 2.39. The summed E-state index contributed by atoms with van der Waals surface area (Å²) in [5.41, 5.74) is 1.19. The summed E-state index contributed by atoms with van der Waals surface area (Å²) in [4.78, 5) is 4.15. The topological polar surface area (TPSA) is 39.9 Å². The first-order chi connectivity index (χ1) is 7.86. The average Bonchev–Trinajstić information content (AvgIpc) is 2.69. The van der Waals surface area contributed by atoms with Gasteiger partial charge in [-0.3, -0.25) is 9.67 Å². The SMILES string of the molecule is Ic1nn(C2CCOCC2)c2ccncc12. The van der Waals surface area contributed by atoms with Gasteiger partial charge in [-0.1, -0.05) is 0 Å². The summed E-state index contributed by atoms with van der Waals surface area (Å²) < 4.78 is 8.56. The van der Waals surface area contributed by atoms with Crippen molar-refractivity contribution in [1.82, 2.24) is 14.8 Å². The molecule has 0 bridgehead atoms. The van der Waals surface area contributed by atoms with Crippen molar-refractivity contribution in [3.05, 3.63) is 22.2 Å². The van der Waals surface area contributed by atoms with Crippen LogP contribution in [0.5, 0.6) is 0 Å². The zero-order valence-corrected chi connectivity index (χ0v) is 10.9. The second-order valence-electron chi connectivity index (χ2n) is 3.97. The highest BCUT2D eigenvalue weighted by Gasteiger charge is 2.19. The summed E-state index contributed by atoms with van der Waals surface area (Å²) in [6.07, 6.45) is 5.82. The number of halogens is 1. The molecule has 0 amide bonds. The van der Waals surface area contributed by atoms with Crippen LogP contribution in [0.15, 0.2) is 18.5 Å². The van der Waals surface area contributed by atoms with Crippen LogP contribution >= 0.6 is 22.6 Å². The van der Waals surface area contributed by atoms with Crippen LogP contribution in [-0.2, 0) is 4.74 Å². The van der Waals surface area contributed by atoms with Crippen molar-refractivity contribution in [3.63, 3.8) is 0 Å². The van der Waals surface area contributed by atoms with E-state index in [2.05, 4.69) is 37.4 Å². The molecule has 2 aromatic rings. The van der Waals surface area contributed by atoms with Crippen molar-refractivity contribution in [2.24, 2.45) is 0 Å². The maximum atomic E-state index is 5.38. The quantitative estimate of drug-likeness (QED) is 0.755. The number of rotatable bonds is 1. The molecular weight excluding hydrogens is 317 g/mol. The number of nitrogens with zero attached hydrogens (tertiary/aromatic N) is 3. The Morgan fingerprint density at radius 2 is 2.19 bits per heavy atom. The first-order valence-corrected chi connectivity index (χ1v) is 6.49. The van der Waals surface area contributed by atoms with Gasteiger partial charge in [0.15, 0.2) is 0 Å². The third-order valence-electron chi connectivity index (χ3n) is 3.00. The first-order valence-electron chi connectivity index (χ1n) is 5.42. The third kappa shape index (κ3) is 1.71. The average molecular weight is 329 g/mol. The van der Waals surface area contributed by atoms with Crippen molar-refractivity contribution >= 4 is 33.5 Å². The van der Waals surface area contributed by atoms with E-state index >= 15 is 0 Å². The van der Waals surface area contributed by atoms with Crippen LogP contribution in [0.3, 0.4) is 0 Å². The van der Waals surface area contributed by atoms with Crippen molar-refractivity contribution in [2.45, 2.75) is 18.9 Å². The highest BCUT2D eigenvalue weighted by Crippen LogP contribution is 2.27. The molecule has 0 radical (unpaired) electrons. The molecule has 3 rings (SSSR count). The van der Waals surface area contributed by atoms with E-state index in [1.54, 1.807) is 0 Å². The van der Waals surface area contributed by atoms with E-state index in [0.29, 0.717) is 6.04 Å². The molecule has 0 aromatic carbocycles. The molecule has 0 saturated carbocycles. The van der Waals surface area contributed by atoms with Gasteiger partial charge in [-0.2, -0.15) is 5.10 Å². The molecule has 84 valence electrons. The normalized spacial score (nSPS) is 18.1. The first kappa shape index (κ1) is 10.5. The Labute approximate surface area is 107 Å². The Hall–Kier alpha value is -0.690. The molecule has 1 aliphatic rings. The highest BCUT2D eigenvalue weighted by atomic mass is 127. The Bertz CT molecular complexity index is 505. The Morgan fingerprint density at radius 1 is 1.38 bits per heavy atom. The minimum atomic E-state index is 0.474. The van der Waals surface area contributed by atoms with Crippen LogP contribution in [0.4, 0.5) is 0 Å². The number of fused-ring (bicyclic) bond motifs is 1. The van der Waals surface area contributed by atoms with Gasteiger partial charge in [0.2, 0.25) is 0 Å². The van der Waals surface area contributed by atoms with Crippen LogP contribution in [0.25, 0.3) is 10.9 Å². The summed E-state index contributed by atoms with van der Waals surface area (Å²) in [6.45, 7) is 1.68. The van der Waals surface area contributed by atoms with E-state index in [1.807, 2.05) is 18.5 Å². The van der Waals surface area contributed by atoms with Gasteiger partial charge in [0, 0.05) is 25.6 Å². The molecule has 0 spiro atoms. The van der Waals surface area contributed by atoms with Gasteiger partial charge in [-0.05, 0) is 41.5 Å². The van der Waals surface area contributed by atoms with E-state index in [9.17, 15) is 0 Å². The smallest absolute Gasteiger partial charge is 0.132 e. The summed E-state index contributed by atoms with van der Waals surface area (Å²) >= 11 is 2.27. The van der Waals surface area contributed by atoms with Crippen molar-refractivity contribution < 1.29 is 4.74 Å². The lowest BCUT2D eigenvalue weighted by Gasteiger charge is -2.22. The van der Waals surface area contributed by atoms with Crippen LogP contribution < -0.4 is 0 Å². The molecule has 0 atom stereocenters. The third-order valence-corrected chi connectivity index (χ3v) is 3.80. The Morgan fingerprint density at radius 3 is 3.00 bits per heavy atom. The Kier molecular flexibility index (Phi) is 2.81. The monoisotopic (exact) mass is 329 g/mol. The van der Waals surface area contributed by atoms with Crippen LogP contribution in [0.2, 0.25) is 0 Å². The van der Waals surface area contributed by atoms with Crippen molar-refractivity contribution in [2.75, 3.05) is 13.2 Å². The minimum Gasteiger partial charge on any atom is -0.381 e. The maximum Gasteiger partial charge on any atom is 0.132 e. The second-order valence-corrected chi connectivity index (χ2v) is 4.99. The molecule has 0 N–H and O–H groups in total. The zero-order chi connectivity index (χ0) is 11.0. The second kappa shape index (κ2) is 4.29. The fourth-order valence-corrected chi connectivity index (χ4v) is 2.80. The predicted molar refractivity (Wildman–Crippen MR) is 69.3 cm³/mol. The molecule has 3 heterocycles. The Balaban J connectivity index is 2.08. The number of aromatic nitrogens is 3. The summed E-state index contributed by atoms with van der Waals surface area (Å²) in [5, 5.41) is 5.77. The van der Waals surface area contributed by atoms with Crippen LogP contribution in [0, 0.1) is 3.70 Å². The van der Waals surface area contributed by atoms with Gasteiger partial charge < -0.3 is 4.74 Å². The van der Waals surface area contributed by atoms with Gasteiger partial charge in [0.05, 0.1) is 16.9 Å². The van der Waals surface area contributed by atoms with E-state index < -0.39 is 0 Å². The number of hydrogen-bond acceptors (Lipinski definition) is 3. The minimum absolute atomic E-state index is 0.474. The fraction of sp³-hybridized carbons (Fsp3) is 0.455. The molecule has 16 heavy (non-hydrogen) atoms. The number of hydrogen-bond donors (Lipinski definition) is 0. The lowest BCUT2D eigenvalue weighted by molar-refractivity contribution is 0.0674. The summed E-state index contributed by atoms with van der Waals surface area (Å²) in [5.74, 6) is 0. The molecule has 5 heteroatoms. The lowest BCUT2D eigenvalue weighted by Crippen LogP contribution is -2.20. The highest BCUT2D eigenvalue weighted by molar-refractivity contribution is 14.1. The molecule has 2 aromatic heterocycles. The zero-order valence-electron chi connectivity index (χ0n) is 8.77. The molecule has 1 fully saturated rings. The van der Waals surface area contributed by atoms with Gasteiger partial charge in [0.25, 0.3) is 0 Å². The van der Waals surface area contributed by atoms with Crippen LogP contribution in [0.1, 0.15) is 18.9 Å². The van der Waals surface area contributed by atoms with Gasteiger partial charge in [-0.25, -0.2) is 0 Å². The number of ether oxygens (including phenoxy) is 1. The van der Waals surface area contributed by atoms with Gasteiger partial charge in [-0.15, -0.1) is 0 Å². The van der Waals surface area contributed by atoms with Crippen molar-refractivity contribution in [3.8, 4) is 0 Å². The van der Waals surface area contributed by atoms with Gasteiger partial charge in [0.1, 0.15) is 3.70 Å². The largest absolute Gasteiger partial charge is 0.381 e. The molecular formula is C11H12IN3O. The summed E-state index contributed by atoms with van der Waals surface area (Å²) in [6, 6.07) is 2.52. The standard InChI is InChI=1S/C11H12IN3O/c12-11-9-7-13-4-1-10(9)15(14-11)8-2-5-16-6-3-8/h1,4,7-8H,2-3,5-6H2. The molecule has 0 aliphatic carbocycles. The van der Waals surface area contributed by atoms with E-state index in [1.165, 1.54) is 5.52 Å². The van der Waals surface area contributed by atoms with E-state index in [-0.39, 0.29) is 0 Å². The number of pyridine rings is 1. The van der Waals surface area contributed by atoms with Gasteiger partial charge >= 0.3 is 0 Å². The molecule has 1 saturated heterocycles. The fourth-order valence-electron chi connectivity index (χ4n) is 2.16. The van der Waals surface area contributed by atoms with Crippen molar-refractivity contribution in [1.29, 1.82) is 0 Å². The van der Waals surface area contributed by atoms with E-state index in [0.717, 1.165) is 35.1 Å². The maximum absolute atomic E-state index is 5.38. The molecule has 1 aliphatic heterocycles. The van der Waals surface area contributed by atoms with Crippen LogP contribution in [-0.4, -0.2) is 28.0 Å². The summed E-state index contributed by atoms with van der Waals surface area (Å²) in [7, 11) is 0. The molecule has 0 unspecified atom stereocenters. The van der Waals surface area contributed by atoms with E-state index in [4.69, 9.17) is 4.74 Å². The lowest BCUT2D eigenvalue weighted by atomic mass is 10.1. The molecule has 4 nitrogen and oxygen atoms in total.